The van der Waals surface area contributed by atoms with Gasteiger partial charge in [-0.05, 0) is 115 Å². The fourth-order valence-electron chi connectivity index (χ4n) is 5.94. The van der Waals surface area contributed by atoms with Crippen molar-refractivity contribution in [3.63, 3.8) is 0 Å². The van der Waals surface area contributed by atoms with Crippen molar-refractivity contribution in [2.75, 3.05) is 0 Å². The van der Waals surface area contributed by atoms with Gasteiger partial charge in [0.1, 0.15) is 0 Å². The van der Waals surface area contributed by atoms with Gasteiger partial charge in [0.2, 0.25) is 0 Å². The van der Waals surface area contributed by atoms with E-state index in [1.807, 2.05) is 12.1 Å². The Morgan fingerprint density at radius 2 is 0.531 bits per heavy atom. The molecule has 0 saturated heterocycles. The van der Waals surface area contributed by atoms with Crippen LogP contribution >= 0.6 is 112 Å². The van der Waals surface area contributed by atoms with Crippen LogP contribution in [0.15, 0.2) is 171 Å². The fourth-order valence-corrected chi connectivity index (χ4v) is 9.89. The Morgan fingerprint density at radius 1 is 0.224 bits per heavy atom. The molecule has 0 atom stereocenters. The molecule has 0 aliphatic carbocycles. The van der Waals surface area contributed by atoms with Gasteiger partial charge in [0.25, 0.3) is 0 Å². The lowest BCUT2D eigenvalue weighted by atomic mass is 9.96. The van der Waals surface area contributed by atoms with Crippen molar-refractivity contribution in [1.29, 1.82) is 0 Å². The minimum Gasteiger partial charge on any atom is -0.0616 e. The minimum atomic E-state index is 1.03. The van der Waals surface area contributed by atoms with Crippen molar-refractivity contribution >= 4 is 112 Å². The van der Waals surface area contributed by atoms with Gasteiger partial charge in [0, 0.05) is 31.3 Å². The Bertz CT molecular complexity index is 2380. The lowest BCUT2D eigenvalue weighted by Crippen LogP contribution is -1.88. The van der Waals surface area contributed by atoms with Crippen LogP contribution in [0.5, 0.6) is 0 Å². The monoisotopic (exact) mass is 1080 g/mol. The summed E-state index contributed by atoms with van der Waals surface area (Å²) >= 11 is 26.5. The molecule has 0 spiro atoms. The highest BCUT2D eigenvalue weighted by molar-refractivity contribution is 9.11. The number of hydrogen-bond donors (Lipinski definition) is 0. The molecule has 7 rings (SSSR count). The molecular formula is C42H23Br7. The molecule has 0 saturated carbocycles. The van der Waals surface area contributed by atoms with Gasteiger partial charge >= 0.3 is 0 Å². The van der Waals surface area contributed by atoms with E-state index in [0.29, 0.717) is 0 Å². The first-order valence-electron chi connectivity index (χ1n) is 15.2. The third-order valence-electron chi connectivity index (χ3n) is 8.41. The summed E-state index contributed by atoms with van der Waals surface area (Å²) in [5.74, 6) is 0. The first-order chi connectivity index (χ1) is 23.7. The maximum Gasteiger partial charge on any atom is 0.0259 e. The van der Waals surface area contributed by atoms with Crippen LogP contribution in [0.25, 0.3) is 66.8 Å². The standard InChI is InChI=1S/C42H23Br7/c43-30-5-3-4-24(18-30)32-13-9-26(20-38(32)45)34-15-11-28(22-40(34)47)36-17-12-29(23-42(36)49)35-16-10-27(21-41(35)48)33-14-8-25(19-39(33)46)31-6-1-2-7-37(31)44/h1-23H. The van der Waals surface area contributed by atoms with E-state index < -0.39 is 0 Å². The Labute approximate surface area is 345 Å². The molecule has 0 aromatic heterocycles. The lowest BCUT2D eigenvalue weighted by Gasteiger charge is -2.14. The van der Waals surface area contributed by atoms with Crippen LogP contribution in [-0.2, 0) is 0 Å². The molecule has 0 bridgehead atoms. The summed E-state index contributed by atoms with van der Waals surface area (Å²) < 4.78 is 7.36. The van der Waals surface area contributed by atoms with Crippen LogP contribution in [0.1, 0.15) is 0 Å². The van der Waals surface area contributed by atoms with Gasteiger partial charge in [0.15, 0.2) is 0 Å². The SMILES string of the molecule is Brc1cccc(-c2ccc(-c3ccc(-c4ccc(-c5ccc(-c6ccc(-c7ccccc7Br)cc6Br)cc5Br)cc4Br)cc3Br)cc2Br)c1. The Morgan fingerprint density at radius 3 is 0.837 bits per heavy atom. The molecule has 0 aliphatic rings. The minimum absolute atomic E-state index is 1.03. The molecule has 240 valence electrons. The summed E-state index contributed by atoms with van der Waals surface area (Å²) in [4.78, 5) is 0. The van der Waals surface area contributed by atoms with Gasteiger partial charge in [-0.25, -0.2) is 0 Å². The molecule has 0 nitrogen and oxygen atoms in total. The summed E-state index contributed by atoms with van der Waals surface area (Å²) in [6.07, 6.45) is 0. The quantitative estimate of drug-likeness (QED) is 0.156. The average molecular weight is 1090 g/mol. The topological polar surface area (TPSA) is 0 Å². The molecule has 49 heavy (non-hydrogen) atoms. The maximum absolute atomic E-state index is 3.88. The molecule has 7 heteroatoms. The predicted octanol–water partition coefficient (Wildman–Crippen LogP) is 17.0. The zero-order chi connectivity index (χ0) is 34.2. The van der Waals surface area contributed by atoms with Crippen LogP contribution in [0.3, 0.4) is 0 Å². The molecule has 7 aromatic carbocycles. The molecule has 0 amide bonds. The molecule has 0 unspecified atom stereocenters. The second-order valence-electron chi connectivity index (χ2n) is 11.5. The van der Waals surface area contributed by atoms with Crippen LogP contribution in [0, 0.1) is 0 Å². The highest BCUT2D eigenvalue weighted by atomic mass is 79.9. The van der Waals surface area contributed by atoms with E-state index >= 15 is 0 Å². The van der Waals surface area contributed by atoms with Crippen molar-refractivity contribution in [2.45, 2.75) is 0 Å². The molecule has 0 heterocycles. The highest BCUT2D eigenvalue weighted by Gasteiger charge is 2.14. The summed E-state index contributed by atoms with van der Waals surface area (Å²) in [5, 5.41) is 0. The van der Waals surface area contributed by atoms with Gasteiger partial charge in [-0.3, -0.25) is 0 Å². The molecule has 0 radical (unpaired) electrons. The number of halogens is 7. The van der Waals surface area contributed by atoms with E-state index in [1.54, 1.807) is 0 Å². The highest BCUT2D eigenvalue weighted by Crippen LogP contribution is 2.42. The van der Waals surface area contributed by atoms with Gasteiger partial charge in [-0.15, -0.1) is 0 Å². The number of benzene rings is 7. The van der Waals surface area contributed by atoms with Crippen molar-refractivity contribution in [1.82, 2.24) is 0 Å². The van der Waals surface area contributed by atoms with E-state index in [0.717, 1.165) is 92.5 Å². The van der Waals surface area contributed by atoms with Gasteiger partial charge < -0.3 is 0 Å². The molecule has 7 aromatic rings. The number of hydrogen-bond acceptors (Lipinski definition) is 0. The third kappa shape index (κ3) is 7.60. The van der Waals surface area contributed by atoms with Crippen LogP contribution in [0.2, 0.25) is 0 Å². The zero-order valence-corrected chi connectivity index (χ0v) is 36.5. The predicted molar refractivity (Wildman–Crippen MR) is 233 cm³/mol. The van der Waals surface area contributed by atoms with Crippen LogP contribution in [-0.4, -0.2) is 0 Å². The second kappa shape index (κ2) is 15.2. The van der Waals surface area contributed by atoms with Crippen molar-refractivity contribution in [2.24, 2.45) is 0 Å². The molecule has 0 aliphatic heterocycles. The zero-order valence-electron chi connectivity index (χ0n) is 25.4. The Hall–Kier alpha value is -2.10. The summed E-state index contributed by atoms with van der Waals surface area (Å²) in [5.41, 5.74) is 13.7. The van der Waals surface area contributed by atoms with E-state index in [9.17, 15) is 0 Å². The first-order valence-corrected chi connectivity index (χ1v) is 20.7. The Balaban J connectivity index is 1.13. The number of rotatable bonds is 6. The van der Waals surface area contributed by atoms with Gasteiger partial charge in [0.05, 0.1) is 0 Å². The maximum atomic E-state index is 3.88. The van der Waals surface area contributed by atoms with Crippen LogP contribution in [0.4, 0.5) is 0 Å². The Kier molecular flexibility index (Phi) is 11.0. The van der Waals surface area contributed by atoms with Crippen molar-refractivity contribution < 1.29 is 0 Å². The summed E-state index contributed by atoms with van der Waals surface area (Å²) in [7, 11) is 0. The van der Waals surface area contributed by atoms with Crippen molar-refractivity contribution in [3.8, 4) is 66.8 Å². The molecular weight excluding hydrogens is 1060 g/mol. The van der Waals surface area contributed by atoms with Crippen LogP contribution < -0.4 is 0 Å². The van der Waals surface area contributed by atoms with Gasteiger partial charge in [-0.1, -0.05) is 203 Å². The second-order valence-corrected chi connectivity index (χ2v) is 17.5. The van der Waals surface area contributed by atoms with E-state index in [1.165, 1.54) is 5.56 Å². The summed E-state index contributed by atoms with van der Waals surface area (Å²) in [6, 6.07) is 49.3. The van der Waals surface area contributed by atoms with Gasteiger partial charge in [-0.2, -0.15) is 0 Å². The van der Waals surface area contributed by atoms with E-state index in [-0.39, 0.29) is 0 Å². The van der Waals surface area contributed by atoms with E-state index in [4.69, 9.17) is 0 Å². The smallest absolute Gasteiger partial charge is 0.0259 e. The fraction of sp³-hybridized carbons (Fsp3) is 0. The largest absolute Gasteiger partial charge is 0.0616 e. The molecule has 0 fully saturated rings. The lowest BCUT2D eigenvalue weighted by molar-refractivity contribution is 1.51. The van der Waals surface area contributed by atoms with Crippen molar-refractivity contribution in [3.05, 3.63) is 171 Å². The summed E-state index contributed by atoms with van der Waals surface area (Å²) in [6.45, 7) is 0. The average Bonchev–Trinajstić information content (AvgIpc) is 3.08. The molecule has 0 N–H and O–H groups in total. The normalized spacial score (nSPS) is 11.2. The third-order valence-corrected chi connectivity index (χ3v) is 12.9. The van der Waals surface area contributed by atoms with E-state index in [2.05, 4.69) is 239 Å². The first kappa shape index (κ1) is 35.3.